The standard InChI is InChI=1S/C11H14O4S/c12-8-6-15-11(10(14)9(8)13)16-7-4-2-1-3-5-7/h1-5,8-14H,6H2/t8-,9-,10?,11-/m0/s1. The van der Waals surface area contributed by atoms with Crippen LogP contribution in [0.2, 0.25) is 0 Å². The maximum absolute atomic E-state index is 9.71. The molecule has 4 nitrogen and oxygen atoms in total. The average Bonchev–Trinajstić information content (AvgIpc) is 2.31. The number of benzene rings is 1. The van der Waals surface area contributed by atoms with Crippen molar-refractivity contribution < 1.29 is 20.1 Å². The highest BCUT2D eigenvalue weighted by Crippen LogP contribution is 2.30. The van der Waals surface area contributed by atoms with Gasteiger partial charge in [0.1, 0.15) is 23.7 Å². The highest BCUT2D eigenvalue weighted by atomic mass is 32.2. The second kappa shape index (κ2) is 5.16. The predicted octanol–water partition coefficient (Wildman–Crippen LogP) is 0.218. The van der Waals surface area contributed by atoms with E-state index in [1.165, 1.54) is 11.8 Å². The van der Waals surface area contributed by atoms with E-state index in [0.717, 1.165) is 4.90 Å². The molecule has 88 valence electrons. The van der Waals surface area contributed by atoms with Gasteiger partial charge in [-0.05, 0) is 12.1 Å². The Morgan fingerprint density at radius 3 is 2.44 bits per heavy atom. The van der Waals surface area contributed by atoms with Gasteiger partial charge in [-0.1, -0.05) is 30.0 Å². The van der Waals surface area contributed by atoms with E-state index in [1.807, 2.05) is 30.3 Å². The van der Waals surface area contributed by atoms with Crippen molar-refractivity contribution in [2.75, 3.05) is 6.61 Å². The number of hydrogen-bond donors (Lipinski definition) is 3. The van der Waals surface area contributed by atoms with E-state index in [9.17, 15) is 15.3 Å². The van der Waals surface area contributed by atoms with Crippen molar-refractivity contribution >= 4 is 11.8 Å². The van der Waals surface area contributed by atoms with Crippen molar-refractivity contribution in [1.82, 2.24) is 0 Å². The molecular weight excluding hydrogens is 228 g/mol. The molecule has 16 heavy (non-hydrogen) atoms. The van der Waals surface area contributed by atoms with Gasteiger partial charge in [-0.2, -0.15) is 0 Å². The Morgan fingerprint density at radius 2 is 1.75 bits per heavy atom. The molecule has 0 radical (unpaired) electrons. The summed E-state index contributed by atoms with van der Waals surface area (Å²) in [5.74, 6) is 0. The van der Waals surface area contributed by atoms with E-state index in [1.54, 1.807) is 0 Å². The Bertz CT molecular complexity index is 332. The highest BCUT2D eigenvalue weighted by Gasteiger charge is 2.37. The lowest BCUT2D eigenvalue weighted by molar-refractivity contribution is -0.161. The lowest BCUT2D eigenvalue weighted by Crippen LogP contribution is -2.51. The molecule has 0 bridgehead atoms. The predicted molar refractivity (Wildman–Crippen MR) is 60.1 cm³/mol. The molecule has 1 aromatic rings. The Balaban J connectivity index is 2.00. The fourth-order valence-corrected chi connectivity index (χ4v) is 2.55. The fourth-order valence-electron chi connectivity index (χ4n) is 1.52. The third-order valence-electron chi connectivity index (χ3n) is 2.45. The van der Waals surface area contributed by atoms with Gasteiger partial charge >= 0.3 is 0 Å². The van der Waals surface area contributed by atoms with Gasteiger partial charge in [-0.3, -0.25) is 0 Å². The van der Waals surface area contributed by atoms with Crippen molar-refractivity contribution in [2.24, 2.45) is 0 Å². The normalized spacial score (nSPS) is 34.9. The molecule has 1 heterocycles. The van der Waals surface area contributed by atoms with Gasteiger partial charge in [0.15, 0.2) is 0 Å². The molecule has 3 N–H and O–H groups in total. The van der Waals surface area contributed by atoms with Gasteiger partial charge in [0.25, 0.3) is 0 Å². The lowest BCUT2D eigenvalue weighted by Gasteiger charge is -2.34. The topological polar surface area (TPSA) is 69.9 Å². The van der Waals surface area contributed by atoms with E-state index in [2.05, 4.69) is 0 Å². The van der Waals surface area contributed by atoms with Crippen LogP contribution in [0.3, 0.4) is 0 Å². The monoisotopic (exact) mass is 242 g/mol. The summed E-state index contributed by atoms with van der Waals surface area (Å²) in [5, 5.41) is 28.5. The maximum Gasteiger partial charge on any atom is 0.136 e. The van der Waals surface area contributed by atoms with Gasteiger partial charge in [-0.15, -0.1) is 0 Å². The first-order valence-corrected chi connectivity index (χ1v) is 5.94. The van der Waals surface area contributed by atoms with Gasteiger partial charge in [0, 0.05) is 4.90 Å². The molecule has 2 rings (SSSR count). The molecule has 0 aliphatic carbocycles. The first kappa shape index (κ1) is 11.9. The summed E-state index contributed by atoms with van der Waals surface area (Å²) in [4.78, 5) is 0.954. The van der Waals surface area contributed by atoms with E-state index in [-0.39, 0.29) is 6.61 Å². The van der Waals surface area contributed by atoms with Gasteiger partial charge in [0.2, 0.25) is 0 Å². The van der Waals surface area contributed by atoms with Crippen LogP contribution in [0.15, 0.2) is 35.2 Å². The molecule has 1 aliphatic rings. The number of aliphatic hydroxyl groups excluding tert-OH is 3. The smallest absolute Gasteiger partial charge is 0.136 e. The zero-order chi connectivity index (χ0) is 11.5. The molecule has 0 amide bonds. The van der Waals surface area contributed by atoms with Crippen molar-refractivity contribution in [1.29, 1.82) is 0 Å². The highest BCUT2D eigenvalue weighted by molar-refractivity contribution is 7.99. The van der Waals surface area contributed by atoms with Crippen LogP contribution in [0.5, 0.6) is 0 Å². The second-order valence-corrected chi connectivity index (χ2v) is 4.85. The molecule has 4 atom stereocenters. The Morgan fingerprint density at radius 1 is 1.06 bits per heavy atom. The lowest BCUT2D eigenvalue weighted by atomic mass is 10.1. The van der Waals surface area contributed by atoms with E-state index in [4.69, 9.17) is 4.74 Å². The zero-order valence-electron chi connectivity index (χ0n) is 8.56. The summed E-state index contributed by atoms with van der Waals surface area (Å²) in [6.45, 7) is 0.0444. The summed E-state index contributed by atoms with van der Waals surface area (Å²) >= 11 is 1.34. The molecule has 0 spiro atoms. The van der Waals surface area contributed by atoms with Crippen molar-refractivity contribution in [3.63, 3.8) is 0 Å². The van der Waals surface area contributed by atoms with E-state index < -0.39 is 23.7 Å². The van der Waals surface area contributed by atoms with Crippen LogP contribution >= 0.6 is 11.8 Å². The fraction of sp³-hybridized carbons (Fsp3) is 0.455. The third-order valence-corrected chi connectivity index (χ3v) is 3.64. The molecule has 1 unspecified atom stereocenters. The molecule has 0 aromatic heterocycles. The molecule has 1 aliphatic heterocycles. The van der Waals surface area contributed by atoms with Crippen LogP contribution in [0.25, 0.3) is 0 Å². The number of ether oxygens (including phenoxy) is 1. The third kappa shape index (κ3) is 2.56. The summed E-state index contributed by atoms with van der Waals surface area (Å²) in [6.07, 6.45) is -3.23. The average molecular weight is 242 g/mol. The van der Waals surface area contributed by atoms with Crippen molar-refractivity contribution in [3.05, 3.63) is 30.3 Å². The van der Waals surface area contributed by atoms with Crippen LogP contribution in [0.4, 0.5) is 0 Å². The SMILES string of the molecule is OC1[C@@H](O)[C@@H](O)CO[C@H]1Sc1ccccc1. The summed E-state index contributed by atoms with van der Waals surface area (Å²) < 4.78 is 5.28. The Labute approximate surface area is 97.9 Å². The second-order valence-electron chi connectivity index (χ2n) is 3.68. The molecular formula is C11H14O4S. The number of hydrogen-bond acceptors (Lipinski definition) is 5. The molecule has 0 saturated carbocycles. The van der Waals surface area contributed by atoms with Crippen molar-refractivity contribution in [2.45, 2.75) is 28.6 Å². The van der Waals surface area contributed by atoms with E-state index >= 15 is 0 Å². The van der Waals surface area contributed by atoms with E-state index in [0.29, 0.717) is 0 Å². The first-order valence-electron chi connectivity index (χ1n) is 5.06. The maximum atomic E-state index is 9.71. The molecule has 1 aromatic carbocycles. The summed E-state index contributed by atoms with van der Waals surface area (Å²) in [7, 11) is 0. The minimum absolute atomic E-state index is 0.0444. The quantitative estimate of drug-likeness (QED) is 0.692. The summed E-state index contributed by atoms with van der Waals surface area (Å²) in [6, 6.07) is 9.49. The zero-order valence-corrected chi connectivity index (χ0v) is 9.38. The molecule has 1 saturated heterocycles. The minimum atomic E-state index is -1.14. The molecule has 1 fully saturated rings. The van der Waals surface area contributed by atoms with Crippen molar-refractivity contribution in [3.8, 4) is 0 Å². The van der Waals surface area contributed by atoms with Crippen LogP contribution in [0.1, 0.15) is 0 Å². The number of aliphatic hydroxyl groups is 3. The van der Waals surface area contributed by atoms with Gasteiger partial charge in [-0.25, -0.2) is 0 Å². The van der Waals surface area contributed by atoms with Crippen LogP contribution in [0, 0.1) is 0 Å². The Kier molecular flexibility index (Phi) is 3.83. The first-order chi connectivity index (χ1) is 7.68. The van der Waals surface area contributed by atoms with Crippen LogP contribution in [-0.4, -0.2) is 45.7 Å². The molecule has 5 heteroatoms. The number of rotatable bonds is 2. The van der Waals surface area contributed by atoms with Crippen LogP contribution < -0.4 is 0 Å². The van der Waals surface area contributed by atoms with Gasteiger partial charge in [0.05, 0.1) is 6.61 Å². The largest absolute Gasteiger partial charge is 0.388 e. The minimum Gasteiger partial charge on any atom is -0.388 e. The van der Waals surface area contributed by atoms with Gasteiger partial charge < -0.3 is 20.1 Å². The Hall–Kier alpha value is -0.590. The summed E-state index contributed by atoms with van der Waals surface area (Å²) in [5.41, 5.74) is -0.541. The van der Waals surface area contributed by atoms with Crippen LogP contribution in [-0.2, 0) is 4.74 Å². The number of thioether (sulfide) groups is 1.